The second-order valence-corrected chi connectivity index (χ2v) is 7.64. The summed E-state index contributed by atoms with van der Waals surface area (Å²) in [4.78, 5) is 24.5. The van der Waals surface area contributed by atoms with E-state index in [1.165, 1.54) is 17.2 Å². The van der Waals surface area contributed by atoms with Crippen LogP contribution < -0.4 is 10.5 Å². The number of nitrogens with two attached hydrogens (primary N) is 1. The number of carbonyl (C=O) groups is 1. The Balaban J connectivity index is 1.84. The van der Waals surface area contributed by atoms with Gasteiger partial charge in [-0.25, -0.2) is 19.7 Å². The number of alkyl halides is 3. The van der Waals surface area contributed by atoms with E-state index < -0.39 is 30.2 Å². The average molecular weight is 455 g/mol. The molecule has 0 saturated carbocycles. The van der Waals surface area contributed by atoms with Crippen molar-refractivity contribution in [2.24, 2.45) is 5.73 Å². The fourth-order valence-electron chi connectivity index (χ4n) is 3.59. The first-order valence-electron chi connectivity index (χ1n) is 9.95. The molecule has 3 heterocycles. The maximum atomic E-state index is 12.9. The van der Waals surface area contributed by atoms with Crippen LogP contribution in [0.4, 0.5) is 18.0 Å². The van der Waals surface area contributed by atoms with Crippen molar-refractivity contribution < 1.29 is 32.9 Å². The largest absolute Gasteiger partial charge is 0.474 e. The highest BCUT2D eigenvalue weighted by molar-refractivity contribution is 5.65. The minimum atomic E-state index is -4.63. The molecule has 2 aromatic heterocycles. The van der Waals surface area contributed by atoms with Crippen LogP contribution in [0.25, 0.3) is 0 Å². The molecule has 1 amide bonds. The van der Waals surface area contributed by atoms with Gasteiger partial charge in [-0.05, 0) is 25.8 Å². The summed E-state index contributed by atoms with van der Waals surface area (Å²) in [6.45, 7) is 1.54. The summed E-state index contributed by atoms with van der Waals surface area (Å²) >= 11 is 0. The number of hydrogen-bond acceptors (Lipinski definition) is 7. The summed E-state index contributed by atoms with van der Waals surface area (Å²) in [5, 5.41) is 20.4. The van der Waals surface area contributed by atoms with Crippen LogP contribution in [-0.2, 0) is 11.8 Å². The van der Waals surface area contributed by atoms with Crippen molar-refractivity contribution in [1.29, 1.82) is 0 Å². The normalized spacial score (nSPS) is 17.1. The van der Waals surface area contributed by atoms with E-state index in [0.29, 0.717) is 43.0 Å². The number of hydrogen-bond donors (Lipinski definition) is 3. The number of aromatic nitrogens is 3. The fraction of sp³-hybridized carbons (Fsp3) is 0.500. The number of nitrogens with zero attached hydrogens (tertiary/aromatic N) is 4. The van der Waals surface area contributed by atoms with Gasteiger partial charge in [-0.3, -0.25) is 0 Å². The Kier molecular flexibility index (Phi) is 6.84. The van der Waals surface area contributed by atoms with E-state index in [1.54, 1.807) is 6.92 Å². The standard InChI is InChI=1S/C20H24F3N5O4/c1-12-25-9-14(17(26-12)13-5-7-28(8-6-13)18(29)30)19(31,10-24)11-32-16-4-2-3-15(27-16)20(21,22)23/h2-4,9,13,31H,5-8,10-11,24H2,1H3,(H,29,30). The first-order chi connectivity index (χ1) is 15.0. The van der Waals surface area contributed by atoms with Crippen molar-refractivity contribution in [1.82, 2.24) is 19.9 Å². The third-order valence-corrected chi connectivity index (χ3v) is 5.40. The summed E-state index contributed by atoms with van der Waals surface area (Å²) in [7, 11) is 0. The lowest BCUT2D eigenvalue weighted by atomic mass is 9.85. The van der Waals surface area contributed by atoms with Gasteiger partial charge in [-0.1, -0.05) is 6.07 Å². The van der Waals surface area contributed by atoms with Crippen LogP contribution in [0.5, 0.6) is 5.88 Å². The number of rotatable bonds is 6. The molecule has 9 nitrogen and oxygen atoms in total. The first-order valence-corrected chi connectivity index (χ1v) is 9.95. The SMILES string of the molecule is Cc1ncc(C(O)(CN)COc2cccc(C(F)(F)F)n2)c(C2CCN(C(=O)O)CC2)n1. The van der Waals surface area contributed by atoms with Gasteiger partial charge in [0.15, 0.2) is 0 Å². The van der Waals surface area contributed by atoms with Crippen LogP contribution in [0.1, 0.15) is 41.5 Å². The Morgan fingerprint density at radius 1 is 1.28 bits per heavy atom. The maximum absolute atomic E-state index is 12.9. The Morgan fingerprint density at radius 3 is 2.56 bits per heavy atom. The lowest BCUT2D eigenvalue weighted by Crippen LogP contribution is -2.43. The molecule has 1 aliphatic rings. The number of amides is 1. The molecule has 1 atom stereocenters. The molecule has 1 aliphatic heterocycles. The van der Waals surface area contributed by atoms with Gasteiger partial charge in [0.2, 0.25) is 5.88 Å². The van der Waals surface area contributed by atoms with E-state index in [9.17, 15) is 23.1 Å². The number of aliphatic hydroxyl groups is 1. The maximum Gasteiger partial charge on any atom is 0.433 e. The van der Waals surface area contributed by atoms with E-state index >= 15 is 0 Å². The van der Waals surface area contributed by atoms with Crippen molar-refractivity contribution in [3.8, 4) is 5.88 Å². The highest BCUT2D eigenvalue weighted by Gasteiger charge is 2.37. The topological polar surface area (TPSA) is 135 Å². The molecule has 0 radical (unpaired) electrons. The molecule has 174 valence electrons. The zero-order chi connectivity index (χ0) is 23.5. The smallest absolute Gasteiger partial charge is 0.433 e. The van der Waals surface area contributed by atoms with Gasteiger partial charge in [0.1, 0.15) is 23.7 Å². The molecule has 0 bridgehead atoms. The van der Waals surface area contributed by atoms with Crippen molar-refractivity contribution in [2.45, 2.75) is 37.5 Å². The van der Waals surface area contributed by atoms with E-state index in [2.05, 4.69) is 15.0 Å². The molecule has 0 spiro atoms. The first kappa shape index (κ1) is 23.7. The lowest BCUT2D eigenvalue weighted by molar-refractivity contribution is -0.141. The van der Waals surface area contributed by atoms with Gasteiger partial charge in [0, 0.05) is 43.4 Å². The van der Waals surface area contributed by atoms with Crippen LogP contribution >= 0.6 is 0 Å². The van der Waals surface area contributed by atoms with Crippen molar-refractivity contribution >= 4 is 6.09 Å². The Hall–Kier alpha value is -2.99. The third-order valence-electron chi connectivity index (χ3n) is 5.40. The zero-order valence-corrected chi connectivity index (χ0v) is 17.3. The molecule has 4 N–H and O–H groups in total. The Morgan fingerprint density at radius 2 is 1.97 bits per heavy atom. The lowest BCUT2D eigenvalue weighted by Gasteiger charge is -2.34. The van der Waals surface area contributed by atoms with Crippen molar-refractivity contribution in [2.75, 3.05) is 26.2 Å². The van der Waals surface area contributed by atoms with Crippen molar-refractivity contribution in [3.63, 3.8) is 0 Å². The van der Waals surface area contributed by atoms with Gasteiger partial charge < -0.3 is 25.6 Å². The summed E-state index contributed by atoms with van der Waals surface area (Å²) in [5.74, 6) is 0.00681. The number of piperidine rings is 1. The minimum Gasteiger partial charge on any atom is -0.474 e. The van der Waals surface area contributed by atoms with Crippen LogP contribution in [0.15, 0.2) is 24.4 Å². The molecule has 1 unspecified atom stereocenters. The Labute approximate surface area is 182 Å². The number of pyridine rings is 1. The summed E-state index contributed by atoms with van der Waals surface area (Å²) in [6.07, 6.45) is -3.22. The number of carboxylic acid groups (broad SMARTS) is 1. The van der Waals surface area contributed by atoms with Gasteiger partial charge in [0.05, 0.1) is 5.69 Å². The average Bonchev–Trinajstić information content (AvgIpc) is 2.77. The predicted octanol–water partition coefficient (Wildman–Crippen LogP) is 2.28. The second kappa shape index (κ2) is 9.25. The number of halogens is 3. The van der Waals surface area contributed by atoms with Crippen LogP contribution in [0, 0.1) is 6.92 Å². The quantitative estimate of drug-likeness (QED) is 0.604. The second-order valence-electron chi connectivity index (χ2n) is 7.64. The molecule has 1 saturated heterocycles. The van der Waals surface area contributed by atoms with Gasteiger partial charge in [-0.15, -0.1) is 0 Å². The molecule has 1 fully saturated rings. The third kappa shape index (κ3) is 5.25. The molecule has 32 heavy (non-hydrogen) atoms. The molecule has 2 aromatic rings. The summed E-state index contributed by atoms with van der Waals surface area (Å²) in [6, 6.07) is 3.22. The van der Waals surface area contributed by atoms with E-state index in [1.807, 2.05) is 0 Å². The Bertz CT molecular complexity index is 966. The number of likely N-dealkylation sites (tertiary alicyclic amines) is 1. The van der Waals surface area contributed by atoms with Crippen LogP contribution in [0.2, 0.25) is 0 Å². The van der Waals surface area contributed by atoms with E-state index in [4.69, 9.17) is 15.6 Å². The molecular weight excluding hydrogens is 431 g/mol. The monoisotopic (exact) mass is 455 g/mol. The number of ether oxygens (including phenoxy) is 1. The molecule has 0 aliphatic carbocycles. The predicted molar refractivity (Wildman–Crippen MR) is 106 cm³/mol. The summed E-state index contributed by atoms with van der Waals surface area (Å²) in [5.41, 5.74) is 3.75. The minimum absolute atomic E-state index is 0.146. The highest BCUT2D eigenvalue weighted by atomic mass is 19.4. The number of aryl methyl sites for hydroxylation is 1. The molecular formula is C20H24F3N5O4. The highest BCUT2D eigenvalue weighted by Crippen LogP contribution is 2.34. The van der Waals surface area contributed by atoms with Crippen molar-refractivity contribution in [3.05, 3.63) is 47.2 Å². The van der Waals surface area contributed by atoms with Crippen LogP contribution in [0.3, 0.4) is 0 Å². The fourth-order valence-corrected chi connectivity index (χ4v) is 3.59. The van der Waals surface area contributed by atoms with E-state index in [0.717, 1.165) is 12.1 Å². The molecule has 12 heteroatoms. The van der Waals surface area contributed by atoms with Gasteiger partial charge in [0.25, 0.3) is 0 Å². The van der Waals surface area contributed by atoms with E-state index in [-0.39, 0.29) is 18.3 Å². The zero-order valence-electron chi connectivity index (χ0n) is 17.3. The van der Waals surface area contributed by atoms with Gasteiger partial charge >= 0.3 is 12.3 Å². The molecule has 0 aromatic carbocycles. The summed E-state index contributed by atoms with van der Waals surface area (Å²) < 4.78 is 44.1. The molecule has 3 rings (SSSR count). The van der Waals surface area contributed by atoms with Gasteiger partial charge in [-0.2, -0.15) is 13.2 Å². The van der Waals surface area contributed by atoms with Crippen LogP contribution in [-0.4, -0.2) is 62.4 Å².